The zero-order valence-corrected chi connectivity index (χ0v) is 15.2. The van der Waals surface area contributed by atoms with Crippen LogP contribution in [-0.4, -0.2) is 68.9 Å². The monoisotopic (exact) mass is 362 g/mol. The Bertz CT molecular complexity index is 673. The molecule has 2 fully saturated rings. The Morgan fingerprint density at radius 3 is 2.69 bits per heavy atom. The van der Waals surface area contributed by atoms with Crippen molar-refractivity contribution in [2.75, 3.05) is 26.2 Å². The van der Waals surface area contributed by atoms with Crippen molar-refractivity contribution < 1.29 is 14.4 Å². The zero-order chi connectivity index (χ0) is 18.5. The molecule has 0 spiro atoms. The molecule has 2 aliphatic heterocycles. The second kappa shape index (κ2) is 8.29. The van der Waals surface area contributed by atoms with Crippen molar-refractivity contribution in [1.82, 2.24) is 30.3 Å². The number of nitrogens with one attached hydrogen (secondary N) is 2. The fraction of sp³-hybridized carbons (Fsp3) is 0.706. The van der Waals surface area contributed by atoms with Crippen LogP contribution in [0.5, 0.6) is 0 Å². The quantitative estimate of drug-likeness (QED) is 0.708. The van der Waals surface area contributed by atoms with Crippen LogP contribution in [0, 0.1) is 12.8 Å². The summed E-state index contributed by atoms with van der Waals surface area (Å²) in [6.07, 6.45) is 3.27. The molecule has 2 N–H and O–H groups in total. The Kier molecular flexibility index (Phi) is 5.85. The minimum atomic E-state index is -0.207. The lowest BCUT2D eigenvalue weighted by Crippen LogP contribution is -2.46. The van der Waals surface area contributed by atoms with Gasteiger partial charge in [0.25, 0.3) is 0 Å². The van der Waals surface area contributed by atoms with Crippen molar-refractivity contribution in [2.24, 2.45) is 5.92 Å². The van der Waals surface area contributed by atoms with Crippen molar-refractivity contribution in [1.29, 1.82) is 0 Å². The number of likely N-dealkylation sites (tertiary alicyclic amines) is 2. The average molecular weight is 362 g/mol. The standard InChI is InChI=1S/C17H26N6O3/c1-12-19-14(21-20-12)10-18-17(26)13-5-6-16(25)23(11-13)9-3-8-22-7-2-4-15(22)24/h13H,2-11H2,1H3,(H,18,26)(H,19,20,21)/t13-/m0/s1. The van der Waals surface area contributed by atoms with E-state index < -0.39 is 0 Å². The van der Waals surface area contributed by atoms with Crippen LogP contribution in [0.3, 0.4) is 0 Å². The van der Waals surface area contributed by atoms with Gasteiger partial charge >= 0.3 is 0 Å². The number of piperidine rings is 1. The molecule has 0 aliphatic carbocycles. The second-order valence-electron chi connectivity index (χ2n) is 6.97. The van der Waals surface area contributed by atoms with E-state index in [-0.39, 0.29) is 30.2 Å². The molecule has 3 heterocycles. The molecule has 0 bridgehead atoms. The van der Waals surface area contributed by atoms with Gasteiger partial charge in [-0.25, -0.2) is 4.98 Å². The van der Waals surface area contributed by atoms with Crippen molar-refractivity contribution in [3.8, 4) is 0 Å². The molecule has 9 nitrogen and oxygen atoms in total. The first-order chi connectivity index (χ1) is 12.5. The normalized spacial score (nSPS) is 20.7. The molecule has 0 aromatic carbocycles. The maximum atomic E-state index is 12.4. The molecule has 9 heteroatoms. The zero-order valence-electron chi connectivity index (χ0n) is 15.2. The molecule has 2 saturated heterocycles. The van der Waals surface area contributed by atoms with Gasteiger partial charge in [0.2, 0.25) is 17.7 Å². The summed E-state index contributed by atoms with van der Waals surface area (Å²) < 4.78 is 0. The fourth-order valence-corrected chi connectivity index (χ4v) is 3.52. The Morgan fingerprint density at radius 1 is 1.23 bits per heavy atom. The summed E-state index contributed by atoms with van der Waals surface area (Å²) >= 11 is 0. The highest BCUT2D eigenvalue weighted by molar-refractivity contribution is 5.83. The number of hydrogen-bond acceptors (Lipinski definition) is 5. The predicted molar refractivity (Wildman–Crippen MR) is 92.7 cm³/mol. The topological polar surface area (TPSA) is 111 Å². The molecule has 0 saturated carbocycles. The highest BCUT2D eigenvalue weighted by Crippen LogP contribution is 2.19. The molecule has 3 amide bonds. The van der Waals surface area contributed by atoms with Crippen LogP contribution in [0.4, 0.5) is 0 Å². The largest absolute Gasteiger partial charge is 0.348 e. The van der Waals surface area contributed by atoms with Gasteiger partial charge in [0, 0.05) is 39.0 Å². The van der Waals surface area contributed by atoms with E-state index >= 15 is 0 Å². The highest BCUT2D eigenvalue weighted by Gasteiger charge is 2.30. The molecule has 1 aromatic rings. The third-order valence-corrected chi connectivity index (χ3v) is 4.96. The van der Waals surface area contributed by atoms with Crippen molar-refractivity contribution >= 4 is 17.7 Å². The number of aryl methyl sites for hydroxylation is 1. The molecule has 1 aromatic heterocycles. The first kappa shape index (κ1) is 18.3. The van der Waals surface area contributed by atoms with Gasteiger partial charge in [0.15, 0.2) is 5.82 Å². The lowest BCUT2D eigenvalue weighted by molar-refractivity contribution is -0.138. The van der Waals surface area contributed by atoms with Crippen LogP contribution in [0.15, 0.2) is 0 Å². The Morgan fingerprint density at radius 2 is 2.00 bits per heavy atom. The maximum Gasteiger partial charge on any atom is 0.225 e. The smallest absolute Gasteiger partial charge is 0.225 e. The SMILES string of the molecule is Cc1nc(CNC(=O)[C@H]2CCC(=O)N(CCCN3CCCC3=O)C2)n[nH]1. The molecule has 2 aliphatic rings. The first-order valence-corrected chi connectivity index (χ1v) is 9.24. The number of rotatable bonds is 7. The van der Waals surface area contributed by atoms with E-state index in [0.29, 0.717) is 50.5 Å². The summed E-state index contributed by atoms with van der Waals surface area (Å²) in [6, 6.07) is 0. The van der Waals surface area contributed by atoms with E-state index in [9.17, 15) is 14.4 Å². The summed E-state index contributed by atoms with van der Waals surface area (Å²) in [5.41, 5.74) is 0. The Hall–Kier alpha value is -2.45. The maximum absolute atomic E-state index is 12.4. The van der Waals surface area contributed by atoms with Gasteiger partial charge in [-0.15, -0.1) is 0 Å². The number of hydrogen-bond donors (Lipinski definition) is 2. The van der Waals surface area contributed by atoms with Gasteiger partial charge in [0.05, 0.1) is 12.5 Å². The Labute approximate surface area is 152 Å². The molecule has 1 atom stereocenters. The van der Waals surface area contributed by atoms with Crippen LogP contribution in [0.1, 0.15) is 43.8 Å². The average Bonchev–Trinajstić information content (AvgIpc) is 3.22. The molecule has 0 radical (unpaired) electrons. The number of carbonyl (C=O) groups is 3. The minimum absolute atomic E-state index is 0.0697. The molecule has 3 rings (SSSR count). The number of nitrogens with zero attached hydrogens (tertiary/aromatic N) is 4. The second-order valence-corrected chi connectivity index (χ2v) is 6.97. The Balaban J connectivity index is 1.43. The lowest BCUT2D eigenvalue weighted by atomic mass is 9.96. The van der Waals surface area contributed by atoms with Gasteiger partial charge in [0.1, 0.15) is 5.82 Å². The van der Waals surface area contributed by atoms with E-state index in [1.165, 1.54) is 0 Å². The lowest BCUT2D eigenvalue weighted by Gasteiger charge is -2.32. The van der Waals surface area contributed by atoms with Gasteiger partial charge in [-0.2, -0.15) is 5.10 Å². The van der Waals surface area contributed by atoms with E-state index in [2.05, 4.69) is 20.5 Å². The fourth-order valence-electron chi connectivity index (χ4n) is 3.52. The summed E-state index contributed by atoms with van der Waals surface area (Å²) in [7, 11) is 0. The van der Waals surface area contributed by atoms with E-state index in [1.54, 1.807) is 11.8 Å². The molecule has 142 valence electrons. The molecular weight excluding hydrogens is 336 g/mol. The van der Waals surface area contributed by atoms with Gasteiger partial charge in [-0.3, -0.25) is 19.5 Å². The number of H-pyrrole nitrogens is 1. The number of amides is 3. The number of carbonyl (C=O) groups excluding carboxylic acids is 3. The summed E-state index contributed by atoms with van der Waals surface area (Å²) in [4.78, 5) is 43.9. The highest BCUT2D eigenvalue weighted by atomic mass is 16.2. The van der Waals surface area contributed by atoms with Crippen molar-refractivity contribution in [3.63, 3.8) is 0 Å². The number of aromatic nitrogens is 3. The first-order valence-electron chi connectivity index (χ1n) is 9.24. The van der Waals surface area contributed by atoms with Crippen molar-refractivity contribution in [2.45, 2.75) is 45.6 Å². The third-order valence-electron chi connectivity index (χ3n) is 4.96. The van der Waals surface area contributed by atoms with Crippen LogP contribution in [0.25, 0.3) is 0 Å². The van der Waals surface area contributed by atoms with Crippen LogP contribution in [0.2, 0.25) is 0 Å². The predicted octanol–water partition coefficient (Wildman–Crippen LogP) is -0.0196. The van der Waals surface area contributed by atoms with Crippen LogP contribution >= 0.6 is 0 Å². The molecular formula is C17H26N6O3. The summed E-state index contributed by atoms with van der Waals surface area (Å²) in [5, 5.41) is 9.59. The van der Waals surface area contributed by atoms with E-state index in [1.807, 2.05) is 4.90 Å². The van der Waals surface area contributed by atoms with Crippen LogP contribution in [-0.2, 0) is 20.9 Å². The van der Waals surface area contributed by atoms with E-state index in [0.717, 1.165) is 19.4 Å². The van der Waals surface area contributed by atoms with Crippen LogP contribution < -0.4 is 5.32 Å². The van der Waals surface area contributed by atoms with Gasteiger partial charge in [-0.05, 0) is 26.2 Å². The molecule has 26 heavy (non-hydrogen) atoms. The van der Waals surface area contributed by atoms with Crippen molar-refractivity contribution in [3.05, 3.63) is 11.6 Å². The number of aromatic amines is 1. The summed E-state index contributed by atoms with van der Waals surface area (Å²) in [5.74, 6) is 1.27. The van der Waals surface area contributed by atoms with Gasteiger partial charge in [-0.1, -0.05) is 0 Å². The molecule has 0 unspecified atom stereocenters. The van der Waals surface area contributed by atoms with E-state index in [4.69, 9.17) is 0 Å². The third kappa shape index (κ3) is 4.59. The van der Waals surface area contributed by atoms with Gasteiger partial charge < -0.3 is 15.1 Å². The summed E-state index contributed by atoms with van der Waals surface area (Å²) in [6.45, 7) is 4.61. The minimum Gasteiger partial charge on any atom is -0.348 e.